The molecule has 4 aromatic heterocycles. The van der Waals surface area contributed by atoms with Gasteiger partial charge in [-0.2, -0.15) is 4.37 Å². The Kier molecular flexibility index (Phi) is 7.65. The number of nitrogens with zero attached hydrogens (tertiary/aromatic N) is 7. The topological polar surface area (TPSA) is 116 Å². The fourth-order valence-corrected chi connectivity index (χ4v) is 6.04. The summed E-state index contributed by atoms with van der Waals surface area (Å²) < 4.78 is 6.72. The lowest BCUT2D eigenvalue weighted by molar-refractivity contribution is -0.117. The van der Waals surface area contributed by atoms with Gasteiger partial charge in [0.25, 0.3) is 0 Å². The molecule has 4 aromatic rings. The van der Waals surface area contributed by atoms with Crippen LogP contribution >= 0.6 is 23.1 Å². The summed E-state index contributed by atoms with van der Waals surface area (Å²) in [6.07, 6.45) is 9.86. The van der Waals surface area contributed by atoms with Crippen LogP contribution in [0, 0.1) is 12.8 Å². The molecule has 13 heteroatoms. The molecule has 1 unspecified atom stereocenters. The van der Waals surface area contributed by atoms with Gasteiger partial charge in [-0.25, -0.2) is 20.4 Å². The van der Waals surface area contributed by atoms with E-state index in [1.807, 2.05) is 29.9 Å². The molecule has 40 heavy (non-hydrogen) atoms. The molecule has 0 bridgehead atoms. The monoisotopic (exact) mass is 578 g/mol. The highest BCUT2D eigenvalue weighted by molar-refractivity contribution is 7.10. The number of carbonyl (C=O) groups excluding carboxylic acids is 1. The Morgan fingerprint density at radius 2 is 2.20 bits per heavy atom. The first-order chi connectivity index (χ1) is 19.4. The molecule has 3 N–H and O–H groups in total. The molecule has 0 radical (unpaired) electrons. The van der Waals surface area contributed by atoms with Gasteiger partial charge < -0.3 is 15.6 Å². The fourth-order valence-electron chi connectivity index (χ4n) is 5.21. The van der Waals surface area contributed by atoms with Gasteiger partial charge >= 0.3 is 0 Å². The third-order valence-corrected chi connectivity index (χ3v) is 7.93. The van der Waals surface area contributed by atoms with Gasteiger partial charge in [0.15, 0.2) is 11.5 Å². The molecule has 0 spiro atoms. The van der Waals surface area contributed by atoms with Crippen LogP contribution in [0.15, 0.2) is 43.0 Å². The summed E-state index contributed by atoms with van der Waals surface area (Å²) in [5.74, 6) is 1.26. The number of carbonyl (C=O) groups is 1. The van der Waals surface area contributed by atoms with Crippen LogP contribution in [0.4, 0.5) is 16.5 Å². The number of fused-ring (bicyclic) bond motifs is 1. The van der Waals surface area contributed by atoms with Crippen molar-refractivity contribution in [2.45, 2.75) is 33.2 Å². The average molecular weight is 579 g/mol. The lowest BCUT2D eigenvalue weighted by Gasteiger charge is -2.30. The molecule has 2 aliphatic rings. The molecule has 6 rings (SSSR count). The van der Waals surface area contributed by atoms with Crippen molar-refractivity contribution in [2.24, 2.45) is 5.92 Å². The first kappa shape index (κ1) is 26.6. The van der Waals surface area contributed by atoms with E-state index in [2.05, 4.69) is 48.3 Å². The maximum atomic E-state index is 12.5. The summed E-state index contributed by atoms with van der Waals surface area (Å²) in [4.78, 5) is 28.4. The van der Waals surface area contributed by atoms with Crippen molar-refractivity contribution >= 4 is 56.8 Å². The lowest BCUT2D eigenvalue weighted by Crippen LogP contribution is -2.36. The summed E-state index contributed by atoms with van der Waals surface area (Å²) in [6.45, 7) is 8.13. The lowest BCUT2D eigenvalue weighted by atomic mass is 10.0. The second-order valence-corrected chi connectivity index (χ2v) is 11.6. The van der Waals surface area contributed by atoms with E-state index in [1.54, 1.807) is 23.3 Å². The molecule has 1 atom stereocenters. The minimum atomic E-state index is -0.171. The van der Waals surface area contributed by atoms with E-state index in [0.29, 0.717) is 23.2 Å². The summed E-state index contributed by atoms with van der Waals surface area (Å²) in [7, 11) is 0. The number of imidazole rings is 1. The van der Waals surface area contributed by atoms with E-state index < -0.39 is 0 Å². The number of aryl methyl sites for hydroxylation is 1. The number of hydrazine groups is 1. The van der Waals surface area contributed by atoms with Gasteiger partial charge in [-0.1, -0.05) is 18.5 Å². The summed E-state index contributed by atoms with van der Waals surface area (Å²) in [6, 6.07) is 5.42. The van der Waals surface area contributed by atoms with E-state index in [4.69, 9.17) is 16.6 Å². The van der Waals surface area contributed by atoms with Crippen LogP contribution in [0.2, 0.25) is 5.15 Å². The Morgan fingerprint density at radius 1 is 1.30 bits per heavy atom. The number of aromatic nitrogens is 5. The van der Waals surface area contributed by atoms with Crippen molar-refractivity contribution in [2.75, 3.05) is 36.8 Å². The van der Waals surface area contributed by atoms with Crippen molar-refractivity contribution in [3.05, 3.63) is 65.2 Å². The highest BCUT2D eigenvalue weighted by atomic mass is 35.5. The van der Waals surface area contributed by atoms with Gasteiger partial charge in [0, 0.05) is 49.5 Å². The van der Waals surface area contributed by atoms with E-state index in [9.17, 15) is 4.79 Å². The van der Waals surface area contributed by atoms with E-state index in [1.165, 1.54) is 24.4 Å². The van der Waals surface area contributed by atoms with Crippen LogP contribution in [0.3, 0.4) is 0 Å². The number of likely N-dealkylation sites (tertiary alicyclic amines) is 1. The Balaban J connectivity index is 1.15. The number of amides is 1. The molecule has 0 saturated carbocycles. The molecule has 208 valence electrons. The SMILES string of the molecule is Cc1cn2c(C3=CN(CC(=O)Nc4ccnc(Cl)c4)NC3)cnc2c(Nc2cc(CN3CCCC(C)C3)ns2)n1. The van der Waals surface area contributed by atoms with Crippen LogP contribution in [0.1, 0.15) is 36.8 Å². The molecule has 0 aromatic carbocycles. The molecule has 1 amide bonds. The van der Waals surface area contributed by atoms with Gasteiger partial charge in [0.1, 0.15) is 16.7 Å². The average Bonchev–Trinajstić information content (AvgIpc) is 3.64. The zero-order chi connectivity index (χ0) is 27.6. The second kappa shape index (κ2) is 11.5. The van der Waals surface area contributed by atoms with E-state index in [0.717, 1.165) is 58.9 Å². The minimum absolute atomic E-state index is 0.137. The molecular formula is C27H31ClN10OS. The molecule has 2 aliphatic heterocycles. The van der Waals surface area contributed by atoms with E-state index >= 15 is 0 Å². The van der Waals surface area contributed by atoms with Crippen molar-refractivity contribution < 1.29 is 4.79 Å². The highest BCUT2D eigenvalue weighted by Gasteiger charge is 2.21. The zero-order valence-corrected chi connectivity index (χ0v) is 24.0. The second-order valence-electron chi connectivity index (χ2n) is 10.4. The summed E-state index contributed by atoms with van der Waals surface area (Å²) in [5, 5.41) is 9.33. The number of hydrogen-bond acceptors (Lipinski definition) is 10. The fraction of sp³-hybridized carbons (Fsp3) is 0.370. The summed E-state index contributed by atoms with van der Waals surface area (Å²) in [5.41, 5.74) is 8.47. The standard InChI is InChI=1S/C27H31ClN10OS/c1-17-4-3-7-36(12-17)15-21-9-25(40-35-21)34-26-27-30-11-22(38(27)13-18(2)32-26)19-10-31-37(14-19)16-24(39)33-20-5-6-29-23(28)8-20/h5-6,8-9,11,13-14,17,31H,3-4,7,10,12,15-16H2,1-2H3,(H,32,34)(H,29,33,39). The largest absolute Gasteiger partial charge is 0.328 e. The minimum Gasteiger partial charge on any atom is -0.328 e. The van der Waals surface area contributed by atoms with Crippen LogP contribution in [0.25, 0.3) is 11.2 Å². The zero-order valence-electron chi connectivity index (χ0n) is 22.4. The van der Waals surface area contributed by atoms with Gasteiger partial charge in [-0.05, 0) is 62.0 Å². The Bertz CT molecular complexity index is 1570. The molecule has 1 saturated heterocycles. The quantitative estimate of drug-likeness (QED) is 0.263. The van der Waals surface area contributed by atoms with Crippen molar-refractivity contribution in [3.63, 3.8) is 0 Å². The number of hydrogen-bond donors (Lipinski definition) is 3. The van der Waals surface area contributed by atoms with E-state index in [-0.39, 0.29) is 12.5 Å². The summed E-state index contributed by atoms with van der Waals surface area (Å²) >= 11 is 7.36. The molecule has 1 fully saturated rings. The third-order valence-electron chi connectivity index (χ3n) is 6.98. The smallest absolute Gasteiger partial charge is 0.245 e. The van der Waals surface area contributed by atoms with Crippen LogP contribution in [0.5, 0.6) is 0 Å². The number of nitrogens with one attached hydrogen (secondary N) is 3. The third kappa shape index (κ3) is 6.09. The molecule has 0 aliphatic carbocycles. The maximum absolute atomic E-state index is 12.5. The Labute approximate surface area is 241 Å². The number of anilines is 3. The number of piperidine rings is 1. The predicted octanol–water partition coefficient (Wildman–Crippen LogP) is 4.32. The van der Waals surface area contributed by atoms with Crippen LogP contribution < -0.4 is 16.1 Å². The molecule has 6 heterocycles. The van der Waals surface area contributed by atoms with Gasteiger partial charge in [0.05, 0.1) is 23.3 Å². The molecule has 11 nitrogen and oxygen atoms in total. The van der Waals surface area contributed by atoms with Gasteiger partial charge in [-0.3, -0.25) is 14.1 Å². The van der Waals surface area contributed by atoms with Crippen molar-refractivity contribution in [1.82, 2.24) is 39.1 Å². The number of halogens is 1. The van der Waals surface area contributed by atoms with Crippen molar-refractivity contribution in [1.29, 1.82) is 0 Å². The number of pyridine rings is 1. The highest BCUT2D eigenvalue weighted by Crippen LogP contribution is 2.28. The Hall–Kier alpha value is -3.58. The number of rotatable bonds is 8. The van der Waals surface area contributed by atoms with Crippen LogP contribution in [-0.2, 0) is 11.3 Å². The normalized spacial score (nSPS) is 17.8. The van der Waals surface area contributed by atoms with Gasteiger partial charge in [-0.15, -0.1) is 0 Å². The maximum Gasteiger partial charge on any atom is 0.245 e. The first-order valence-corrected chi connectivity index (χ1v) is 14.5. The Morgan fingerprint density at radius 3 is 3.05 bits per heavy atom. The van der Waals surface area contributed by atoms with Crippen LogP contribution in [-0.4, -0.2) is 65.7 Å². The first-order valence-electron chi connectivity index (χ1n) is 13.3. The van der Waals surface area contributed by atoms with Gasteiger partial charge in [0.2, 0.25) is 5.91 Å². The molecular weight excluding hydrogens is 548 g/mol. The predicted molar refractivity (Wildman–Crippen MR) is 157 cm³/mol. The van der Waals surface area contributed by atoms with Crippen molar-refractivity contribution in [3.8, 4) is 0 Å².